The van der Waals surface area contributed by atoms with Crippen LogP contribution in [0.2, 0.25) is 0 Å². The van der Waals surface area contributed by atoms with Crippen molar-refractivity contribution in [2.24, 2.45) is 5.92 Å². The van der Waals surface area contributed by atoms with Crippen molar-refractivity contribution in [1.82, 2.24) is 4.98 Å². The molecule has 114 valence electrons. The number of anilines is 1. The lowest BCUT2D eigenvalue weighted by molar-refractivity contribution is 0.123. The van der Waals surface area contributed by atoms with Gasteiger partial charge in [-0.25, -0.2) is 0 Å². The summed E-state index contributed by atoms with van der Waals surface area (Å²) in [5.41, 5.74) is 4.17. The molecule has 21 heavy (non-hydrogen) atoms. The van der Waals surface area contributed by atoms with Crippen molar-refractivity contribution in [3.63, 3.8) is 0 Å². The third-order valence-corrected chi connectivity index (χ3v) is 5.17. The van der Waals surface area contributed by atoms with E-state index in [1.165, 1.54) is 22.2 Å². The number of ether oxygens (including phenoxy) is 1. The van der Waals surface area contributed by atoms with Gasteiger partial charge in [0.2, 0.25) is 0 Å². The highest BCUT2D eigenvalue weighted by Gasteiger charge is 2.29. The van der Waals surface area contributed by atoms with Crippen LogP contribution in [0.5, 0.6) is 0 Å². The summed E-state index contributed by atoms with van der Waals surface area (Å²) in [5, 5.41) is 1.39. The fraction of sp³-hybridized carbons (Fsp3) is 0.556. The number of hydrogen-bond donors (Lipinski definition) is 1. The zero-order valence-electron chi connectivity index (χ0n) is 13.6. The van der Waals surface area contributed by atoms with Crippen LogP contribution in [0.4, 0.5) is 5.69 Å². The van der Waals surface area contributed by atoms with Crippen molar-refractivity contribution in [1.29, 1.82) is 0 Å². The van der Waals surface area contributed by atoms with Crippen molar-refractivity contribution >= 4 is 16.6 Å². The third-order valence-electron chi connectivity index (χ3n) is 5.17. The van der Waals surface area contributed by atoms with E-state index in [2.05, 4.69) is 62.0 Å². The fourth-order valence-corrected chi connectivity index (χ4v) is 3.05. The maximum absolute atomic E-state index is 5.50. The average molecular weight is 286 g/mol. The molecule has 1 aromatic carbocycles. The second-order valence-electron chi connectivity index (χ2n) is 6.88. The van der Waals surface area contributed by atoms with Crippen molar-refractivity contribution in [2.45, 2.75) is 33.1 Å². The molecule has 1 aromatic heterocycles. The van der Waals surface area contributed by atoms with Gasteiger partial charge in [0.1, 0.15) is 0 Å². The molecule has 0 radical (unpaired) electrons. The van der Waals surface area contributed by atoms with Crippen molar-refractivity contribution in [3.8, 4) is 0 Å². The summed E-state index contributed by atoms with van der Waals surface area (Å²) in [6.07, 6.45) is 2.20. The van der Waals surface area contributed by atoms with Gasteiger partial charge in [-0.15, -0.1) is 0 Å². The summed E-state index contributed by atoms with van der Waals surface area (Å²) in [4.78, 5) is 5.93. The highest BCUT2D eigenvalue weighted by atomic mass is 16.5. The van der Waals surface area contributed by atoms with Crippen LogP contribution in [0.25, 0.3) is 10.9 Å². The number of benzene rings is 1. The van der Waals surface area contributed by atoms with Crippen LogP contribution in [0, 0.1) is 5.92 Å². The first-order valence-corrected chi connectivity index (χ1v) is 7.95. The van der Waals surface area contributed by atoms with E-state index >= 15 is 0 Å². The first-order valence-electron chi connectivity index (χ1n) is 7.95. The van der Waals surface area contributed by atoms with E-state index in [-0.39, 0.29) is 5.41 Å². The van der Waals surface area contributed by atoms with Crippen LogP contribution >= 0.6 is 0 Å². The van der Waals surface area contributed by atoms with Crippen molar-refractivity contribution in [3.05, 3.63) is 30.0 Å². The minimum atomic E-state index is 0.153. The Morgan fingerprint density at radius 2 is 1.90 bits per heavy atom. The van der Waals surface area contributed by atoms with Gasteiger partial charge in [-0.1, -0.05) is 33.8 Å². The molecule has 1 fully saturated rings. The van der Waals surface area contributed by atoms with Gasteiger partial charge in [0.15, 0.2) is 0 Å². The molecule has 0 unspecified atom stereocenters. The van der Waals surface area contributed by atoms with Gasteiger partial charge in [-0.3, -0.25) is 0 Å². The van der Waals surface area contributed by atoms with Crippen LogP contribution in [0.15, 0.2) is 24.4 Å². The average Bonchev–Trinajstić information content (AvgIpc) is 2.92. The Kier molecular flexibility index (Phi) is 3.70. The summed E-state index contributed by atoms with van der Waals surface area (Å²) in [6.45, 7) is 12.9. The Labute approximate surface area is 127 Å². The van der Waals surface area contributed by atoms with E-state index in [0.29, 0.717) is 5.92 Å². The quantitative estimate of drug-likeness (QED) is 0.925. The molecule has 1 aliphatic rings. The normalized spacial score (nSPS) is 16.9. The van der Waals surface area contributed by atoms with E-state index in [1.54, 1.807) is 0 Å². The fourth-order valence-electron chi connectivity index (χ4n) is 3.05. The molecular weight excluding hydrogens is 260 g/mol. The number of hydrogen-bond acceptors (Lipinski definition) is 2. The lowest BCUT2D eigenvalue weighted by Gasteiger charge is -2.33. The number of H-pyrrole nitrogens is 1. The molecule has 0 spiro atoms. The van der Waals surface area contributed by atoms with Crippen LogP contribution in [-0.4, -0.2) is 31.3 Å². The number of rotatable bonds is 3. The van der Waals surface area contributed by atoms with Gasteiger partial charge in [0, 0.05) is 35.9 Å². The number of morpholine rings is 1. The molecule has 3 rings (SSSR count). The van der Waals surface area contributed by atoms with Gasteiger partial charge < -0.3 is 14.6 Å². The molecular formula is C18H26N2O. The standard InChI is InChI=1S/C18H26N2O/c1-13(2)18(3,4)14-12-19-15-6-5-7-16(17(14)15)20-8-10-21-11-9-20/h5-7,12-13,19H,8-11H2,1-4H3. The Morgan fingerprint density at radius 3 is 2.57 bits per heavy atom. The maximum Gasteiger partial charge on any atom is 0.0642 e. The van der Waals surface area contributed by atoms with Crippen LogP contribution < -0.4 is 4.90 Å². The van der Waals surface area contributed by atoms with E-state index < -0.39 is 0 Å². The third kappa shape index (κ3) is 2.44. The summed E-state index contributed by atoms with van der Waals surface area (Å²) >= 11 is 0. The predicted octanol–water partition coefficient (Wildman–Crippen LogP) is 3.94. The summed E-state index contributed by atoms with van der Waals surface area (Å²) in [5.74, 6) is 0.592. The molecule has 1 aliphatic heterocycles. The number of aromatic amines is 1. The van der Waals surface area contributed by atoms with Gasteiger partial charge in [-0.05, 0) is 29.0 Å². The zero-order chi connectivity index (χ0) is 15.0. The van der Waals surface area contributed by atoms with Crippen LogP contribution in [0.1, 0.15) is 33.3 Å². The number of fused-ring (bicyclic) bond motifs is 1. The van der Waals surface area contributed by atoms with Gasteiger partial charge in [0.25, 0.3) is 0 Å². The number of nitrogens with one attached hydrogen (secondary N) is 1. The van der Waals surface area contributed by atoms with Gasteiger partial charge in [-0.2, -0.15) is 0 Å². The van der Waals surface area contributed by atoms with Crippen molar-refractivity contribution in [2.75, 3.05) is 31.2 Å². The highest BCUT2D eigenvalue weighted by molar-refractivity contribution is 5.96. The Hall–Kier alpha value is -1.48. The van der Waals surface area contributed by atoms with Gasteiger partial charge >= 0.3 is 0 Å². The molecule has 0 aliphatic carbocycles. The predicted molar refractivity (Wildman–Crippen MR) is 89.2 cm³/mol. The monoisotopic (exact) mass is 286 g/mol. The maximum atomic E-state index is 5.50. The van der Waals surface area contributed by atoms with Crippen LogP contribution in [-0.2, 0) is 10.2 Å². The zero-order valence-corrected chi connectivity index (χ0v) is 13.6. The van der Waals surface area contributed by atoms with Crippen molar-refractivity contribution < 1.29 is 4.74 Å². The minimum absolute atomic E-state index is 0.153. The molecule has 3 nitrogen and oxygen atoms in total. The van der Waals surface area contributed by atoms with E-state index in [9.17, 15) is 0 Å². The molecule has 2 heterocycles. The molecule has 0 atom stereocenters. The molecule has 1 saturated heterocycles. The first-order chi connectivity index (χ1) is 10.0. The first kappa shape index (κ1) is 14.5. The lowest BCUT2D eigenvalue weighted by Crippen LogP contribution is -2.36. The Morgan fingerprint density at radius 1 is 1.19 bits per heavy atom. The molecule has 2 aromatic rings. The summed E-state index contributed by atoms with van der Waals surface area (Å²) < 4.78 is 5.50. The smallest absolute Gasteiger partial charge is 0.0642 e. The SMILES string of the molecule is CC(C)C(C)(C)c1c[nH]c2cccc(N3CCOCC3)c12. The molecule has 0 amide bonds. The Balaban J connectivity index is 2.15. The number of aromatic nitrogens is 1. The summed E-state index contributed by atoms with van der Waals surface area (Å²) in [6, 6.07) is 6.58. The molecule has 0 bridgehead atoms. The molecule has 0 saturated carbocycles. The topological polar surface area (TPSA) is 28.3 Å². The van der Waals surface area contributed by atoms with E-state index in [1.807, 2.05) is 0 Å². The van der Waals surface area contributed by atoms with E-state index in [0.717, 1.165) is 26.3 Å². The number of nitrogens with zero attached hydrogens (tertiary/aromatic N) is 1. The Bertz CT molecular complexity index is 621. The van der Waals surface area contributed by atoms with Gasteiger partial charge in [0.05, 0.1) is 13.2 Å². The summed E-state index contributed by atoms with van der Waals surface area (Å²) in [7, 11) is 0. The largest absolute Gasteiger partial charge is 0.378 e. The highest BCUT2D eigenvalue weighted by Crippen LogP contribution is 2.40. The molecule has 1 N–H and O–H groups in total. The van der Waals surface area contributed by atoms with Crippen LogP contribution in [0.3, 0.4) is 0 Å². The minimum Gasteiger partial charge on any atom is -0.378 e. The lowest BCUT2D eigenvalue weighted by atomic mass is 9.75. The van der Waals surface area contributed by atoms with E-state index in [4.69, 9.17) is 4.74 Å². The molecule has 3 heteroatoms. The second kappa shape index (κ2) is 5.38. The second-order valence-corrected chi connectivity index (χ2v) is 6.88.